The fraction of sp³-hybridized carbons (Fsp3) is 0.213. The first-order valence-electron chi connectivity index (χ1n) is 40.0. The van der Waals surface area contributed by atoms with E-state index in [2.05, 4.69) is 89.0 Å². The Hall–Kier alpha value is -15.2. The van der Waals surface area contributed by atoms with Crippen molar-refractivity contribution < 1.29 is 48.8 Å². The van der Waals surface area contributed by atoms with Crippen LogP contribution in [-0.2, 0) is 17.6 Å². The number of anilines is 6. The van der Waals surface area contributed by atoms with E-state index in [1.165, 1.54) is 72.8 Å². The highest BCUT2D eigenvalue weighted by Crippen LogP contribution is 2.51. The number of benzene rings is 8. The average Bonchev–Trinajstić information content (AvgIpc) is 0.741. The number of aromatic hydroxyl groups is 3. The number of carbonyl (C=O) groups is 6. The van der Waals surface area contributed by atoms with E-state index in [4.69, 9.17) is 80.8 Å². The largest absolute Gasteiger partial charge is 0.507 e. The third-order valence-electron chi connectivity index (χ3n) is 20.7. The number of azo groups is 3. The smallest absolute Gasteiger partial charge is 0.233 e. The molecule has 642 valence electrons. The monoisotopic (exact) mass is 1790 g/mol. The van der Waals surface area contributed by atoms with Gasteiger partial charge < -0.3 is 52.0 Å². The summed E-state index contributed by atoms with van der Waals surface area (Å²) in [7, 11) is 3.27. The molecule has 30 nitrogen and oxygen atoms in total. The number of nitrogens with zero attached hydrogens (tertiary/aromatic N) is 14. The van der Waals surface area contributed by atoms with Crippen molar-refractivity contribution in [1.29, 1.82) is 10.5 Å². The predicted octanol–water partition coefficient (Wildman–Crippen LogP) is 22.9. The Morgan fingerprint density at radius 1 is 0.422 bits per heavy atom. The molecule has 8 aromatic carbocycles. The van der Waals surface area contributed by atoms with E-state index in [-0.39, 0.29) is 166 Å². The summed E-state index contributed by atoms with van der Waals surface area (Å²) in [5, 5.41) is 96.0. The molecular formula is C94H78Cl4N20O10. The fourth-order valence-corrected chi connectivity index (χ4v) is 15.4. The molecular weight excluding hydrogens is 1710 g/mol. The summed E-state index contributed by atoms with van der Waals surface area (Å²) in [6.45, 7) is 38.0. The van der Waals surface area contributed by atoms with Gasteiger partial charge in [0.25, 0.3) is 0 Å². The maximum absolute atomic E-state index is 13.8. The minimum absolute atomic E-state index is 0.00948. The number of nitrogens with one attached hydrogen (secondary N) is 6. The molecule has 0 saturated heterocycles. The molecule has 3 aliphatic rings. The summed E-state index contributed by atoms with van der Waals surface area (Å²) in [6, 6.07) is 40.1. The number of hydrogen-bond donors (Lipinski definition) is 9. The molecule has 14 rings (SSSR count). The summed E-state index contributed by atoms with van der Waals surface area (Å²) in [6.07, 6.45) is 3.89. The van der Waals surface area contributed by atoms with Gasteiger partial charge in [-0.25, -0.2) is 29.5 Å². The molecule has 34 heteroatoms. The van der Waals surface area contributed by atoms with Gasteiger partial charge in [0.05, 0.1) is 113 Å². The predicted molar refractivity (Wildman–Crippen MR) is 490 cm³/mol. The van der Waals surface area contributed by atoms with Gasteiger partial charge in [0.15, 0.2) is 34.8 Å². The van der Waals surface area contributed by atoms with Gasteiger partial charge in [-0.1, -0.05) is 171 Å². The number of hydrogen-bond acceptors (Lipinski definition) is 27. The minimum Gasteiger partial charge on any atom is -0.507 e. The lowest BCUT2D eigenvalue weighted by molar-refractivity contribution is 0.0977. The maximum Gasteiger partial charge on any atom is 0.233 e. The number of halogens is 4. The first-order valence-corrected chi connectivity index (χ1v) is 41.5. The van der Waals surface area contributed by atoms with Gasteiger partial charge in [-0.05, 0) is 117 Å². The van der Waals surface area contributed by atoms with Gasteiger partial charge in [0.1, 0.15) is 68.8 Å². The van der Waals surface area contributed by atoms with Crippen molar-refractivity contribution >= 4 is 167 Å². The van der Waals surface area contributed by atoms with Gasteiger partial charge in [-0.3, -0.25) is 28.8 Å². The molecule has 3 aromatic heterocycles. The minimum atomic E-state index is -0.718. The number of unbranched alkanes of at least 4 members (excludes halogenated alkanes) is 1. The highest BCUT2D eigenvalue weighted by molar-refractivity contribution is 6.44. The molecule has 0 bridgehead atoms. The number of ether oxygens (including phenoxy) is 1. The number of phenols is 3. The lowest BCUT2D eigenvalue weighted by Crippen LogP contribution is -2.22. The number of nitriles is 2. The average molecular weight is 1790 g/mol. The molecule has 0 atom stereocenters. The van der Waals surface area contributed by atoms with Crippen LogP contribution in [0.5, 0.6) is 17.2 Å². The number of aromatic nitrogens is 3. The van der Waals surface area contributed by atoms with E-state index >= 15 is 0 Å². The van der Waals surface area contributed by atoms with Crippen molar-refractivity contribution in [3.63, 3.8) is 0 Å². The summed E-state index contributed by atoms with van der Waals surface area (Å²) in [4.78, 5) is 106. The van der Waals surface area contributed by atoms with Crippen molar-refractivity contribution in [2.24, 2.45) is 36.6 Å². The Labute approximate surface area is 755 Å². The van der Waals surface area contributed by atoms with Crippen LogP contribution in [0.2, 0.25) is 20.1 Å². The zero-order valence-electron chi connectivity index (χ0n) is 70.0. The second kappa shape index (κ2) is 41.1. The summed E-state index contributed by atoms with van der Waals surface area (Å²) < 4.78 is 5.13. The summed E-state index contributed by atoms with van der Waals surface area (Å²) in [5.74, 6) is -2.37. The van der Waals surface area contributed by atoms with Crippen LogP contribution in [0.15, 0.2) is 164 Å². The Morgan fingerprint density at radius 3 is 1.15 bits per heavy atom. The second-order valence-corrected chi connectivity index (χ2v) is 31.1. The van der Waals surface area contributed by atoms with Crippen LogP contribution in [0, 0.1) is 69.1 Å². The Kier molecular flexibility index (Phi) is 29.5. The Bertz CT molecular complexity index is 6710. The lowest BCUT2D eigenvalue weighted by atomic mass is 9.80. The van der Waals surface area contributed by atoms with Crippen molar-refractivity contribution in [1.82, 2.24) is 15.0 Å². The summed E-state index contributed by atoms with van der Waals surface area (Å²) >= 11 is 25.9. The Balaban J connectivity index is 0.000000175. The number of ketones is 6. The molecule has 0 saturated carbocycles. The van der Waals surface area contributed by atoms with Crippen LogP contribution in [0.1, 0.15) is 175 Å². The van der Waals surface area contributed by atoms with Crippen LogP contribution < -0.4 is 31.9 Å². The van der Waals surface area contributed by atoms with Crippen LogP contribution in [-0.4, -0.2) is 118 Å². The SMILES string of the molecule is [C-]#[N+]c1c(NCC(C)C)nc(NC)c(N=Nc2c(Cl)cc(Cl)c3c2C(=O)c2c(O)cccc2C3=O)c1C.[C-]#[N+]c1c(NCCCOC)nc(NCCc2ccccc2)c(N=Nc2c(Cl)cc(C#N)c3c2C(=O)c2c(O)cccc2C3=O)c1C.[C-]#[N+]c1c(NCCc2ccccc2)nc(NCCCC)c(N=Nc2c(Cl)cc(C#N)c3c2C(=O)c2c(O)cccc2C3=O)c1C. The zero-order valence-corrected chi connectivity index (χ0v) is 73.1. The van der Waals surface area contributed by atoms with Crippen LogP contribution in [0.25, 0.3) is 14.5 Å². The van der Waals surface area contributed by atoms with Crippen LogP contribution in [0.3, 0.4) is 0 Å². The molecule has 3 aliphatic carbocycles. The third kappa shape index (κ3) is 18.9. The van der Waals surface area contributed by atoms with Crippen molar-refractivity contribution in [2.75, 3.05) is 85.4 Å². The van der Waals surface area contributed by atoms with E-state index in [0.717, 1.165) is 30.4 Å². The number of rotatable bonds is 27. The van der Waals surface area contributed by atoms with Gasteiger partial charge in [-0.15, -0.1) is 30.7 Å². The highest BCUT2D eigenvalue weighted by Gasteiger charge is 2.41. The van der Waals surface area contributed by atoms with Gasteiger partial charge in [-0.2, -0.15) is 10.5 Å². The molecule has 3 heterocycles. The first kappa shape index (κ1) is 92.0. The normalized spacial score (nSPS) is 12.1. The van der Waals surface area contributed by atoms with E-state index in [9.17, 15) is 54.6 Å². The molecule has 0 radical (unpaired) electrons. The quantitative estimate of drug-likeness (QED) is 0.0131. The number of fused-ring (bicyclic) bond motifs is 6. The molecule has 9 N–H and O–H groups in total. The first-order chi connectivity index (χ1) is 61.7. The zero-order chi connectivity index (χ0) is 91.9. The molecule has 11 aromatic rings. The summed E-state index contributed by atoms with van der Waals surface area (Å²) in [5.41, 5.74) is 3.11. The van der Waals surface area contributed by atoms with E-state index < -0.39 is 34.7 Å². The molecule has 0 fully saturated rings. The van der Waals surface area contributed by atoms with E-state index in [1.54, 1.807) is 34.9 Å². The standard InChI is InChI=1S/C34H28ClN7O4.C34H28ClN7O3.C26H22Cl2N6O3/c1-19-28(37-2)33(38-14-8-16-46-3)40-34(39-15-13-20-9-5-4-6-10-20)29(19)41-42-30-23(35)17-21(18-36)25-27(30)32(45)26-22(31(25)44)11-7-12-24(26)43;1-4-5-15-38-34-29(19(2)28(37-3)33(40-34)39-16-14-20-10-7-6-8-11-20)41-42-30-23(35)17-21(18-36)25-27(30)32(45)26-22(31(25)44)12-9-13-24(26)43;1-11(2)10-31-26-20(29-4)12(3)21(25(30-5)32-26)33-34-22-15(28)9-14(27)18-19(22)24(37)17-13(23(18)36)7-6-8-16(17)35/h4-7,9-12,17,43H,8,13-16H2,1,3H3,(H2,38,39,40);6-13,17,43H,4-5,14-16H2,1-2H3,(H2,38,39,40);6-9,11,35H,10H2,1-3,5H3,(H2,30,31,32). The van der Waals surface area contributed by atoms with Gasteiger partial charge in [0, 0.05) is 70.2 Å². The second-order valence-electron chi connectivity index (χ2n) is 29.5. The van der Waals surface area contributed by atoms with E-state index in [1.807, 2.05) is 86.6 Å². The number of phenolic OH excluding ortho intramolecular Hbond substituents is 3. The molecule has 0 amide bonds. The number of methoxy groups -OCH3 is 1. The van der Waals surface area contributed by atoms with Crippen LogP contribution >= 0.6 is 46.4 Å². The van der Waals surface area contributed by atoms with Crippen molar-refractivity contribution in [3.05, 3.63) is 294 Å². The molecule has 0 spiro atoms. The van der Waals surface area contributed by atoms with Gasteiger partial charge >= 0.3 is 0 Å². The van der Waals surface area contributed by atoms with Crippen molar-refractivity contribution in [2.45, 2.75) is 73.6 Å². The number of carbonyl (C=O) groups excluding carboxylic acids is 6. The molecule has 0 unspecified atom stereocenters. The van der Waals surface area contributed by atoms with Crippen molar-refractivity contribution in [3.8, 4) is 29.4 Å². The molecule has 128 heavy (non-hydrogen) atoms. The number of pyridine rings is 3. The molecule has 0 aliphatic heterocycles. The van der Waals surface area contributed by atoms with Gasteiger partial charge in [0.2, 0.25) is 34.4 Å². The lowest BCUT2D eigenvalue weighted by Gasteiger charge is -2.21. The van der Waals surface area contributed by atoms with E-state index in [0.29, 0.717) is 110 Å². The third-order valence-corrected chi connectivity index (χ3v) is 21.9. The maximum atomic E-state index is 13.8. The highest BCUT2D eigenvalue weighted by atomic mass is 35.5. The topological polar surface area (TPSA) is 418 Å². The Morgan fingerprint density at radius 2 is 0.766 bits per heavy atom. The van der Waals surface area contributed by atoms with Crippen LogP contribution in [0.4, 0.5) is 86.1 Å². The fourth-order valence-electron chi connectivity index (χ4n) is 14.4.